The van der Waals surface area contributed by atoms with Crippen molar-refractivity contribution in [1.29, 1.82) is 0 Å². The number of aliphatic carboxylic acids is 1. The Morgan fingerprint density at radius 3 is 2.65 bits per heavy atom. The van der Waals surface area contributed by atoms with Gasteiger partial charge >= 0.3 is 12.0 Å². The third-order valence-electron chi connectivity index (χ3n) is 3.42. The van der Waals surface area contributed by atoms with Crippen LogP contribution in [-0.4, -0.2) is 29.7 Å². The SMILES string of the molecule is CC(CC(=O)O)NC(=O)NCC1CCCC1C. The van der Waals surface area contributed by atoms with E-state index in [0.717, 1.165) is 0 Å². The summed E-state index contributed by atoms with van der Waals surface area (Å²) in [6.07, 6.45) is 3.60. The minimum absolute atomic E-state index is 0.0484. The van der Waals surface area contributed by atoms with Gasteiger partial charge in [0.25, 0.3) is 0 Å². The number of carboxylic acid groups (broad SMARTS) is 1. The lowest BCUT2D eigenvalue weighted by Gasteiger charge is -2.17. The minimum Gasteiger partial charge on any atom is -0.481 e. The molecule has 1 fully saturated rings. The van der Waals surface area contributed by atoms with Gasteiger partial charge in [0.05, 0.1) is 6.42 Å². The van der Waals surface area contributed by atoms with Crippen LogP contribution in [0.2, 0.25) is 0 Å². The van der Waals surface area contributed by atoms with Gasteiger partial charge in [0, 0.05) is 12.6 Å². The zero-order valence-electron chi connectivity index (χ0n) is 10.5. The highest BCUT2D eigenvalue weighted by atomic mass is 16.4. The Kier molecular flexibility index (Phi) is 5.25. The first-order valence-corrected chi connectivity index (χ1v) is 6.25. The molecular formula is C12H22N2O3. The van der Waals surface area contributed by atoms with Crippen molar-refractivity contribution in [3.63, 3.8) is 0 Å². The highest BCUT2D eigenvalue weighted by molar-refractivity contribution is 5.75. The lowest BCUT2D eigenvalue weighted by Crippen LogP contribution is -2.43. The van der Waals surface area contributed by atoms with Crippen LogP contribution in [0.4, 0.5) is 4.79 Å². The fourth-order valence-electron chi connectivity index (χ4n) is 2.34. The fraction of sp³-hybridized carbons (Fsp3) is 0.833. The van der Waals surface area contributed by atoms with E-state index < -0.39 is 5.97 Å². The van der Waals surface area contributed by atoms with E-state index in [-0.39, 0.29) is 18.5 Å². The van der Waals surface area contributed by atoms with Crippen molar-refractivity contribution in [3.8, 4) is 0 Å². The van der Waals surface area contributed by atoms with E-state index in [0.29, 0.717) is 18.4 Å². The second-order valence-electron chi connectivity index (χ2n) is 5.02. The van der Waals surface area contributed by atoms with Crippen molar-refractivity contribution < 1.29 is 14.7 Å². The molecule has 3 atom stereocenters. The van der Waals surface area contributed by atoms with Gasteiger partial charge in [-0.15, -0.1) is 0 Å². The van der Waals surface area contributed by atoms with Gasteiger partial charge in [0.2, 0.25) is 0 Å². The lowest BCUT2D eigenvalue weighted by atomic mass is 9.98. The van der Waals surface area contributed by atoms with Gasteiger partial charge in [-0.1, -0.05) is 19.8 Å². The van der Waals surface area contributed by atoms with Crippen LogP contribution in [0.5, 0.6) is 0 Å². The largest absolute Gasteiger partial charge is 0.481 e. The van der Waals surface area contributed by atoms with Gasteiger partial charge in [-0.2, -0.15) is 0 Å². The second-order valence-corrected chi connectivity index (χ2v) is 5.02. The Bertz CT molecular complexity index is 281. The molecule has 0 spiro atoms. The number of rotatable bonds is 5. The number of urea groups is 1. The summed E-state index contributed by atoms with van der Waals surface area (Å²) in [7, 11) is 0. The number of carbonyl (C=O) groups is 2. The van der Waals surface area contributed by atoms with Gasteiger partial charge in [-0.05, 0) is 25.2 Å². The number of hydrogen-bond donors (Lipinski definition) is 3. The van der Waals surface area contributed by atoms with Gasteiger partial charge in [0.15, 0.2) is 0 Å². The molecule has 0 saturated heterocycles. The molecule has 0 heterocycles. The number of nitrogens with one attached hydrogen (secondary N) is 2. The highest BCUT2D eigenvalue weighted by Gasteiger charge is 2.23. The van der Waals surface area contributed by atoms with Crippen LogP contribution in [0.25, 0.3) is 0 Å². The van der Waals surface area contributed by atoms with E-state index in [4.69, 9.17) is 5.11 Å². The first-order chi connectivity index (χ1) is 7.99. The number of hydrogen-bond acceptors (Lipinski definition) is 2. The van der Waals surface area contributed by atoms with E-state index in [1.54, 1.807) is 6.92 Å². The summed E-state index contributed by atoms with van der Waals surface area (Å²) in [5, 5.41) is 14.0. The average molecular weight is 242 g/mol. The van der Waals surface area contributed by atoms with Crippen LogP contribution < -0.4 is 10.6 Å². The molecule has 5 nitrogen and oxygen atoms in total. The molecular weight excluding hydrogens is 220 g/mol. The zero-order valence-corrected chi connectivity index (χ0v) is 10.5. The summed E-state index contributed by atoms with van der Waals surface area (Å²) in [5.74, 6) is 0.337. The highest BCUT2D eigenvalue weighted by Crippen LogP contribution is 2.30. The van der Waals surface area contributed by atoms with E-state index in [2.05, 4.69) is 17.6 Å². The number of carboxylic acids is 1. The monoisotopic (exact) mass is 242 g/mol. The molecule has 1 aliphatic carbocycles. The first-order valence-electron chi connectivity index (χ1n) is 6.25. The van der Waals surface area contributed by atoms with Crippen molar-refractivity contribution in [2.24, 2.45) is 11.8 Å². The molecule has 98 valence electrons. The molecule has 17 heavy (non-hydrogen) atoms. The average Bonchev–Trinajstić information content (AvgIpc) is 2.59. The summed E-state index contributed by atoms with van der Waals surface area (Å²) in [6.45, 7) is 4.59. The maximum absolute atomic E-state index is 11.5. The van der Waals surface area contributed by atoms with Crippen LogP contribution in [0.1, 0.15) is 39.5 Å². The summed E-state index contributed by atoms with van der Waals surface area (Å²) in [5.41, 5.74) is 0. The van der Waals surface area contributed by atoms with Crippen molar-refractivity contribution in [2.75, 3.05) is 6.54 Å². The van der Waals surface area contributed by atoms with Gasteiger partial charge < -0.3 is 15.7 Å². The molecule has 0 bridgehead atoms. The fourth-order valence-corrected chi connectivity index (χ4v) is 2.34. The Balaban J connectivity index is 2.18. The minimum atomic E-state index is -0.901. The van der Waals surface area contributed by atoms with Crippen LogP contribution in [0.3, 0.4) is 0 Å². The van der Waals surface area contributed by atoms with Gasteiger partial charge in [0.1, 0.15) is 0 Å². The quantitative estimate of drug-likeness (QED) is 0.685. The van der Waals surface area contributed by atoms with E-state index >= 15 is 0 Å². The molecule has 0 aliphatic heterocycles. The van der Waals surface area contributed by atoms with Crippen molar-refractivity contribution in [3.05, 3.63) is 0 Å². The molecule has 0 radical (unpaired) electrons. The summed E-state index contributed by atoms with van der Waals surface area (Å²) < 4.78 is 0. The molecule has 2 amide bonds. The lowest BCUT2D eigenvalue weighted by molar-refractivity contribution is -0.137. The molecule has 1 aliphatic rings. The Hall–Kier alpha value is -1.26. The Morgan fingerprint density at radius 2 is 2.12 bits per heavy atom. The van der Waals surface area contributed by atoms with Crippen LogP contribution in [-0.2, 0) is 4.79 Å². The van der Waals surface area contributed by atoms with Crippen molar-refractivity contribution in [1.82, 2.24) is 10.6 Å². The molecule has 0 aromatic carbocycles. The Morgan fingerprint density at radius 1 is 1.41 bits per heavy atom. The predicted octanol–water partition coefficient (Wildman–Crippen LogP) is 1.58. The predicted molar refractivity (Wildman–Crippen MR) is 64.8 cm³/mol. The maximum atomic E-state index is 11.5. The molecule has 3 unspecified atom stereocenters. The van der Waals surface area contributed by atoms with Crippen LogP contribution >= 0.6 is 0 Å². The molecule has 1 rings (SSSR count). The van der Waals surface area contributed by atoms with Crippen molar-refractivity contribution in [2.45, 2.75) is 45.6 Å². The maximum Gasteiger partial charge on any atom is 0.315 e. The van der Waals surface area contributed by atoms with E-state index in [1.165, 1.54) is 19.3 Å². The normalized spacial score (nSPS) is 25.3. The summed E-state index contributed by atoms with van der Waals surface area (Å²) in [6, 6.07) is -0.605. The second kappa shape index (κ2) is 6.47. The van der Waals surface area contributed by atoms with Crippen molar-refractivity contribution >= 4 is 12.0 Å². The van der Waals surface area contributed by atoms with E-state index in [1.807, 2.05) is 0 Å². The number of carbonyl (C=O) groups excluding carboxylic acids is 1. The molecule has 3 N–H and O–H groups in total. The topological polar surface area (TPSA) is 78.4 Å². The smallest absolute Gasteiger partial charge is 0.315 e. The molecule has 5 heteroatoms. The third-order valence-corrected chi connectivity index (χ3v) is 3.42. The van der Waals surface area contributed by atoms with E-state index in [9.17, 15) is 9.59 Å². The molecule has 1 saturated carbocycles. The van der Waals surface area contributed by atoms with Gasteiger partial charge in [-0.25, -0.2) is 4.79 Å². The Labute approximate surface area is 102 Å². The summed E-state index contributed by atoms with van der Waals surface area (Å²) >= 11 is 0. The van der Waals surface area contributed by atoms with Crippen LogP contribution in [0, 0.1) is 11.8 Å². The standard InChI is InChI=1S/C12H22N2O3/c1-8-4-3-5-10(8)7-13-12(17)14-9(2)6-11(15)16/h8-10H,3-7H2,1-2H3,(H,15,16)(H2,13,14,17). The van der Waals surface area contributed by atoms with Gasteiger partial charge in [-0.3, -0.25) is 4.79 Å². The van der Waals surface area contributed by atoms with Crippen LogP contribution in [0.15, 0.2) is 0 Å². The molecule has 0 aromatic rings. The zero-order chi connectivity index (χ0) is 12.8. The summed E-state index contributed by atoms with van der Waals surface area (Å²) in [4.78, 5) is 21.9. The molecule has 0 aromatic heterocycles. The third kappa shape index (κ3) is 5.06. The number of amides is 2. The first kappa shape index (κ1) is 13.8.